The fourth-order valence-electron chi connectivity index (χ4n) is 2.38. The van der Waals surface area contributed by atoms with Crippen LogP contribution in [0.1, 0.15) is 32.5 Å². The van der Waals surface area contributed by atoms with Crippen molar-refractivity contribution < 1.29 is 14.7 Å². The van der Waals surface area contributed by atoms with Crippen LogP contribution in [0.3, 0.4) is 0 Å². The molecule has 1 N–H and O–H groups in total. The van der Waals surface area contributed by atoms with Crippen molar-refractivity contribution in [3.63, 3.8) is 0 Å². The molecule has 0 aliphatic carbocycles. The van der Waals surface area contributed by atoms with Gasteiger partial charge in [-0.2, -0.15) is 0 Å². The third kappa shape index (κ3) is 1.80. The number of aliphatic hydroxyl groups is 1. The quantitative estimate of drug-likeness (QED) is 0.854. The first-order valence-electron chi connectivity index (χ1n) is 6.22. The Labute approximate surface area is 115 Å². The van der Waals surface area contributed by atoms with Crippen molar-refractivity contribution in [2.75, 3.05) is 6.61 Å². The molecule has 2 heterocycles. The predicted molar refractivity (Wildman–Crippen MR) is 71.0 cm³/mol. The molecule has 2 aromatic rings. The summed E-state index contributed by atoms with van der Waals surface area (Å²) in [7, 11) is 0. The predicted octanol–water partition coefficient (Wildman–Crippen LogP) is 1.41. The van der Waals surface area contributed by atoms with Crippen molar-refractivity contribution >= 4 is 11.8 Å². The fraction of sp³-hybridized carbons (Fsp3) is 0.133. The van der Waals surface area contributed by atoms with Gasteiger partial charge < -0.3 is 5.11 Å². The Bertz CT molecular complexity index is 635. The van der Waals surface area contributed by atoms with E-state index in [2.05, 4.69) is 4.98 Å². The lowest BCUT2D eigenvalue weighted by atomic mass is 10.1. The molecular formula is C15H12N2O3. The number of aromatic nitrogens is 1. The second kappa shape index (κ2) is 4.86. The van der Waals surface area contributed by atoms with Gasteiger partial charge in [-0.3, -0.25) is 19.5 Å². The van der Waals surface area contributed by atoms with E-state index in [1.165, 1.54) is 6.20 Å². The number of rotatable bonds is 3. The van der Waals surface area contributed by atoms with E-state index in [1.807, 2.05) is 6.07 Å². The fourth-order valence-corrected chi connectivity index (χ4v) is 2.38. The zero-order valence-electron chi connectivity index (χ0n) is 10.6. The maximum atomic E-state index is 12.3. The van der Waals surface area contributed by atoms with Crippen LogP contribution >= 0.6 is 0 Å². The van der Waals surface area contributed by atoms with Crippen molar-refractivity contribution in [1.29, 1.82) is 0 Å². The minimum Gasteiger partial charge on any atom is -0.394 e. The van der Waals surface area contributed by atoms with Gasteiger partial charge in [-0.05, 0) is 17.7 Å². The van der Waals surface area contributed by atoms with Crippen molar-refractivity contribution in [3.05, 3.63) is 65.5 Å². The Hall–Kier alpha value is -2.53. The van der Waals surface area contributed by atoms with Crippen LogP contribution in [0.2, 0.25) is 0 Å². The molecule has 1 aliphatic rings. The first-order valence-corrected chi connectivity index (χ1v) is 6.22. The molecule has 1 atom stereocenters. The van der Waals surface area contributed by atoms with Crippen LogP contribution in [0.25, 0.3) is 0 Å². The molecule has 1 aliphatic heterocycles. The van der Waals surface area contributed by atoms with Crippen LogP contribution < -0.4 is 0 Å². The van der Waals surface area contributed by atoms with Gasteiger partial charge in [0.1, 0.15) is 5.69 Å². The monoisotopic (exact) mass is 268 g/mol. The number of fused-ring (bicyclic) bond motifs is 1. The molecule has 0 bridgehead atoms. The van der Waals surface area contributed by atoms with E-state index in [0.29, 0.717) is 5.56 Å². The summed E-state index contributed by atoms with van der Waals surface area (Å²) in [5.74, 6) is -0.880. The van der Waals surface area contributed by atoms with E-state index >= 15 is 0 Å². The molecule has 0 saturated heterocycles. The lowest BCUT2D eigenvalue weighted by Gasteiger charge is -2.24. The van der Waals surface area contributed by atoms with Crippen LogP contribution in [0, 0.1) is 0 Å². The summed E-state index contributed by atoms with van der Waals surface area (Å²) < 4.78 is 0. The summed E-state index contributed by atoms with van der Waals surface area (Å²) in [6, 6.07) is 11.5. The normalized spacial score (nSPS) is 15.3. The van der Waals surface area contributed by atoms with Gasteiger partial charge >= 0.3 is 0 Å². The zero-order chi connectivity index (χ0) is 14.1. The summed E-state index contributed by atoms with van der Waals surface area (Å²) in [6.45, 7) is -0.324. The van der Waals surface area contributed by atoms with Crippen molar-refractivity contribution in [2.45, 2.75) is 6.04 Å². The Morgan fingerprint density at radius 2 is 1.80 bits per heavy atom. The van der Waals surface area contributed by atoms with Crippen LogP contribution in [0.5, 0.6) is 0 Å². The van der Waals surface area contributed by atoms with Gasteiger partial charge in [-0.15, -0.1) is 0 Å². The summed E-state index contributed by atoms with van der Waals surface area (Å²) in [5, 5.41) is 9.59. The van der Waals surface area contributed by atoms with E-state index in [4.69, 9.17) is 0 Å². The van der Waals surface area contributed by atoms with Gasteiger partial charge in [-0.1, -0.05) is 30.3 Å². The van der Waals surface area contributed by atoms with Gasteiger partial charge in [0.2, 0.25) is 0 Å². The minimum atomic E-state index is -0.689. The highest BCUT2D eigenvalue weighted by Gasteiger charge is 2.41. The second-order valence-corrected chi connectivity index (χ2v) is 4.49. The number of amides is 2. The van der Waals surface area contributed by atoms with Gasteiger partial charge in [0.25, 0.3) is 11.8 Å². The first kappa shape index (κ1) is 12.5. The number of hydrogen-bond acceptors (Lipinski definition) is 4. The molecule has 3 rings (SSSR count). The Balaban J connectivity index is 2.03. The summed E-state index contributed by atoms with van der Waals surface area (Å²) in [6.07, 6.45) is 1.48. The summed E-state index contributed by atoms with van der Waals surface area (Å²) in [5.41, 5.74) is 1.14. The molecule has 0 saturated carbocycles. The van der Waals surface area contributed by atoms with Crippen LogP contribution in [0.15, 0.2) is 48.7 Å². The van der Waals surface area contributed by atoms with Gasteiger partial charge in [0, 0.05) is 6.20 Å². The van der Waals surface area contributed by atoms with Gasteiger partial charge in [0.15, 0.2) is 0 Å². The molecule has 100 valence electrons. The van der Waals surface area contributed by atoms with Crippen LogP contribution in [-0.4, -0.2) is 33.4 Å². The molecule has 1 aromatic heterocycles. The molecule has 2 amide bonds. The number of benzene rings is 1. The zero-order valence-corrected chi connectivity index (χ0v) is 10.6. The van der Waals surface area contributed by atoms with Crippen LogP contribution in [0.4, 0.5) is 0 Å². The number of pyridine rings is 1. The second-order valence-electron chi connectivity index (χ2n) is 4.49. The largest absolute Gasteiger partial charge is 0.394 e. The highest BCUT2D eigenvalue weighted by molar-refractivity contribution is 6.20. The van der Waals surface area contributed by atoms with E-state index < -0.39 is 17.9 Å². The lowest BCUT2D eigenvalue weighted by molar-refractivity contribution is 0.0512. The molecule has 0 unspecified atom stereocenters. The van der Waals surface area contributed by atoms with Crippen molar-refractivity contribution in [1.82, 2.24) is 9.88 Å². The topological polar surface area (TPSA) is 70.5 Å². The lowest BCUT2D eigenvalue weighted by Crippen LogP contribution is -2.36. The Kier molecular flexibility index (Phi) is 3.04. The Morgan fingerprint density at radius 1 is 1.05 bits per heavy atom. The number of imide groups is 1. The van der Waals surface area contributed by atoms with E-state index in [9.17, 15) is 14.7 Å². The number of aliphatic hydroxyl groups excluding tert-OH is 1. The van der Waals surface area contributed by atoms with Crippen LogP contribution in [-0.2, 0) is 0 Å². The summed E-state index contributed by atoms with van der Waals surface area (Å²) >= 11 is 0. The average molecular weight is 268 g/mol. The number of carbonyl (C=O) groups is 2. The molecule has 0 spiro atoms. The SMILES string of the molecule is O=C1c2cccnc2C(=O)N1[C@H](CO)c1ccccc1. The highest BCUT2D eigenvalue weighted by atomic mass is 16.3. The number of hydrogen-bond donors (Lipinski definition) is 1. The van der Waals surface area contributed by atoms with Gasteiger partial charge in [-0.25, -0.2) is 0 Å². The van der Waals surface area contributed by atoms with Crippen molar-refractivity contribution in [3.8, 4) is 0 Å². The number of carbonyl (C=O) groups excluding carboxylic acids is 2. The minimum absolute atomic E-state index is 0.145. The third-order valence-electron chi connectivity index (χ3n) is 3.35. The van der Waals surface area contributed by atoms with Crippen molar-refractivity contribution in [2.24, 2.45) is 0 Å². The van der Waals surface area contributed by atoms with E-state index in [-0.39, 0.29) is 17.9 Å². The molecule has 0 radical (unpaired) electrons. The van der Waals surface area contributed by atoms with E-state index in [0.717, 1.165) is 4.90 Å². The maximum absolute atomic E-state index is 12.3. The Morgan fingerprint density at radius 3 is 2.45 bits per heavy atom. The first-order chi connectivity index (χ1) is 9.74. The molecule has 5 heteroatoms. The van der Waals surface area contributed by atoms with E-state index in [1.54, 1.807) is 36.4 Å². The molecule has 20 heavy (non-hydrogen) atoms. The third-order valence-corrected chi connectivity index (χ3v) is 3.35. The molecule has 0 fully saturated rings. The summed E-state index contributed by atoms with van der Waals surface area (Å²) in [4.78, 5) is 29.7. The average Bonchev–Trinajstić information content (AvgIpc) is 2.75. The highest BCUT2D eigenvalue weighted by Crippen LogP contribution is 2.29. The molecule has 1 aromatic carbocycles. The molecular weight excluding hydrogens is 256 g/mol. The number of nitrogens with zero attached hydrogens (tertiary/aromatic N) is 2. The smallest absolute Gasteiger partial charge is 0.280 e. The maximum Gasteiger partial charge on any atom is 0.280 e. The van der Waals surface area contributed by atoms with Gasteiger partial charge in [0.05, 0.1) is 18.2 Å². The molecule has 5 nitrogen and oxygen atoms in total. The standard InChI is InChI=1S/C15H12N2O3/c18-9-12(10-5-2-1-3-6-10)17-14(19)11-7-4-8-16-13(11)15(17)20/h1-8,12,18H,9H2/t12-/m1/s1.